The van der Waals surface area contributed by atoms with Gasteiger partial charge in [-0.15, -0.1) is 0 Å². The fourth-order valence-electron chi connectivity index (χ4n) is 3.08. The van der Waals surface area contributed by atoms with E-state index in [4.69, 9.17) is 0 Å². The van der Waals surface area contributed by atoms with Crippen LogP contribution in [-0.4, -0.2) is 14.3 Å². The van der Waals surface area contributed by atoms with Crippen molar-refractivity contribution in [2.45, 2.75) is 38.1 Å². The van der Waals surface area contributed by atoms with Crippen LogP contribution >= 0.6 is 0 Å². The van der Waals surface area contributed by atoms with Gasteiger partial charge in [-0.05, 0) is 61.2 Å². The number of anilines is 1. The lowest BCUT2D eigenvalue weighted by Crippen LogP contribution is -2.26. The molecule has 0 spiro atoms. The van der Waals surface area contributed by atoms with Gasteiger partial charge in [0.15, 0.2) is 0 Å². The Morgan fingerprint density at radius 2 is 1.63 bits per heavy atom. The fraction of sp³-hybridized carbons (Fsp3) is 0.208. The van der Waals surface area contributed by atoms with Crippen LogP contribution in [0.3, 0.4) is 0 Å². The second-order valence-corrected chi connectivity index (χ2v) is 8.92. The Kier molecular flexibility index (Phi) is 6.57. The van der Waals surface area contributed by atoms with E-state index in [0.717, 1.165) is 17.5 Å². The zero-order valence-electron chi connectivity index (χ0n) is 17.3. The predicted octanol–water partition coefficient (Wildman–Crippen LogP) is 4.85. The van der Waals surface area contributed by atoms with Crippen molar-refractivity contribution >= 4 is 21.6 Å². The molecule has 30 heavy (non-hydrogen) atoms. The minimum Gasteiger partial charge on any atom is -0.346 e. The average molecular weight is 423 g/mol. The maximum atomic E-state index is 12.8. The molecule has 0 aliphatic carbocycles. The Morgan fingerprint density at radius 3 is 2.27 bits per heavy atom. The van der Waals surface area contributed by atoms with Gasteiger partial charge in [0.05, 0.1) is 16.6 Å². The largest absolute Gasteiger partial charge is 0.346 e. The lowest BCUT2D eigenvalue weighted by atomic mass is 10.0. The van der Waals surface area contributed by atoms with E-state index >= 15 is 0 Å². The smallest absolute Gasteiger partial charge is 0.261 e. The third kappa shape index (κ3) is 5.07. The first kappa shape index (κ1) is 21.6. The summed E-state index contributed by atoms with van der Waals surface area (Å²) in [5.41, 5.74) is 3.76. The molecule has 5 nitrogen and oxygen atoms in total. The minimum absolute atomic E-state index is 0.170. The summed E-state index contributed by atoms with van der Waals surface area (Å²) in [6.07, 6.45) is 0.964. The van der Waals surface area contributed by atoms with Gasteiger partial charge in [-0.25, -0.2) is 8.42 Å². The van der Waals surface area contributed by atoms with Crippen LogP contribution in [0, 0.1) is 6.92 Å². The van der Waals surface area contributed by atoms with Crippen molar-refractivity contribution in [3.8, 4) is 0 Å². The highest BCUT2D eigenvalue weighted by molar-refractivity contribution is 7.92. The maximum absolute atomic E-state index is 12.8. The molecule has 2 N–H and O–H groups in total. The zero-order chi connectivity index (χ0) is 21.7. The van der Waals surface area contributed by atoms with Crippen LogP contribution in [0.15, 0.2) is 77.7 Å². The van der Waals surface area contributed by atoms with E-state index < -0.39 is 10.0 Å². The van der Waals surface area contributed by atoms with Crippen LogP contribution in [0.1, 0.15) is 46.9 Å². The first-order valence-electron chi connectivity index (χ1n) is 9.88. The number of hydrogen-bond donors (Lipinski definition) is 2. The molecule has 6 heteroatoms. The molecular formula is C24H26N2O3S. The van der Waals surface area contributed by atoms with Crippen molar-refractivity contribution in [2.75, 3.05) is 4.72 Å². The van der Waals surface area contributed by atoms with Crippen molar-refractivity contribution in [2.24, 2.45) is 0 Å². The van der Waals surface area contributed by atoms with E-state index in [9.17, 15) is 13.2 Å². The summed E-state index contributed by atoms with van der Waals surface area (Å²) in [6, 6.07) is 21.1. The van der Waals surface area contributed by atoms with Crippen LogP contribution in [0.4, 0.5) is 5.69 Å². The number of aryl methyl sites for hydroxylation is 2. The third-order valence-corrected chi connectivity index (χ3v) is 6.41. The molecule has 0 unspecified atom stereocenters. The molecule has 0 fully saturated rings. The second-order valence-electron chi connectivity index (χ2n) is 7.24. The SMILES string of the molecule is CCc1ccc([C@H](C)NC(=O)c2ccc(C)c(NS(=O)(=O)c3ccccc3)c2)cc1. The Balaban J connectivity index is 1.77. The molecule has 1 atom stereocenters. The molecule has 0 saturated heterocycles. The number of rotatable bonds is 7. The van der Waals surface area contributed by atoms with Crippen molar-refractivity contribution in [3.63, 3.8) is 0 Å². The zero-order valence-corrected chi connectivity index (χ0v) is 18.2. The number of amides is 1. The maximum Gasteiger partial charge on any atom is 0.261 e. The van der Waals surface area contributed by atoms with E-state index in [0.29, 0.717) is 11.3 Å². The van der Waals surface area contributed by atoms with E-state index in [1.165, 1.54) is 17.7 Å². The number of carbonyl (C=O) groups excluding carboxylic acids is 1. The normalized spacial score (nSPS) is 12.2. The van der Waals surface area contributed by atoms with E-state index in [1.54, 1.807) is 43.3 Å². The molecule has 0 radical (unpaired) electrons. The van der Waals surface area contributed by atoms with Gasteiger partial charge in [-0.3, -0.25) is 9.52 Å². The Hall–Kier alpha value is -3.12. The highest BCUT2D eigenvalue weighted by atomic mass is 32.2. The van der Waals surface area contributed by atoms with E-state index in [-0.39, 0.29) is 16.8 Å². The molecular weight excluding hydrogens is 396 g/mol. The Bertz CT molecular complexity index is 1120. The summed E-state index contributed by atoms with van der Waals surface area (Å²) in [4.78, 5) is 12.9. The quantitative estimate of drug-likeness (QED) is 0.572. The topological polar surface area (TPSA) is 75.3 Å². The lowest BCUT2D eigenvalue weighted by Gasteiger charge is -2.16. The molecule has 3 aromatic rings. The average Bonchev–Trinajstić information content (AvgIpc) is 2.75. The molecule has 0 aliphatic rings. The first-order valence-corrected chi connectivity index (χ1v) is 11.4. The van der Waals surface area contributed by atoms with E-state index in [2.05, 4.69) is 29.1 Å². The molecule has 0 aromatic heterocycles. The van der Waals surface area contributed by atoms with Gasteiger partial charge in [0.25, 0.3) is 15.9 Å². The van der Waals surface area contributed by atoms with Crippen LogP contribution in [-0.2, 0) is 16.4 Å². The summed E-state index contributed by atoms with van der Waals surface area (Å²) < 4.78 is 27.9. The molecule has 156 valence electrons. The monoisotopic (exact) mass is 422 g/mol. The Labute approximate surface area is 178 Å². The summed E-state index contributed by atoms with van der Waals surface area (Å²) in [6.45, 7) is 5.82. The van der Waals surface area contributed by atoms with Crippen LogP contribution in [0.25, 0.3) is 0 Å². The number of nitrogens with one attached hydrogen (secondary N) is 2. The van der Waals surface area contributed by atoms with E-state index in [1.807, 2.05) is 19.1 Å². The fourth-order valence-corrected chi connectivity index (χ4v) is 4.22. The molecule has 0 aliphatic heterocycles. The van der Waals surface area contributed by atoms with Crippen LogP contribution in [0.2, 0.25) is 0 Å². The molecule has 1 amide bonds. The van der Waals surface area contributed by atoms with Crippen molar-refractivity contribution in [1.82, 2.24) is 5.32 Å². The number of hydrogen-bond acceptors (Lipinski definition) is 3. The molecule has 0 heterocycles. The predicted molar refractivity (Wildman–Crippen MR) is 120 cm³/mol. The van der Waals surface area contributed by atoms with Crippen LogP contribution in [0.5, 0.6) is 0 Å². The first-order chi connectivity index (χ1) is 14.3. The molecule has 0 bridgehead atoms. The van der Waals surface area contributed by atoms with Gasteiger partial charge < -0.3 is 5.32 Å². The van der Waals surface area contributed by atoms with Gasteiger partial charge in [-0.1, -0.05) is 55.5 Å². The van der Waals surface area contributed by atoms with Crippen molar-refractivity contribution < 1.29 is 13.2 Å². The highest BCUT2D eigenvalue weighted by Crippen LogP contribution is 2.22. The van der Waals surface area contributed by atoms with Crippen molar-refractivity contribution in [3.05, 3.63) is 95.1 Å². The molecule has 0 saturated carbocycles. The highest BCUT2D eigenvalue weighted by Gasteiger charge is 2.17. The number of benzene rings is 3. The number of sulfonamides is 1. The van der Waals surface area contributed by atoms with Gasteiger partial charge in [0.1, 0.15) is 0 Å². The molecule has 3 aromatic carbocycles. The summed E-state index contributed by atoms with van der Waals surface area (Å²) in [5, 5.41) is 2.97. The minimum atomic E-state index is -3.73. The standard InChI is InChI=1S/C24H26N2O3S/c1-4-19-11-14-20(15-12-19)18(3)25-24(27)21-13-10-17(2)23(16-21)26-30(28,29)22-8-6-5-7-9-22/h5-16,18,26H,4H2,1-3H3,(H,25,27)/t18-/m0/s1. The van der Waals surface area contributed by atoms with Gasteiger partial charge in [-0.2, -0.15) is 0 Å². The lowest BCUT2D eigenvalue weighted by molar-refractivity contribution is 0.0940. The third-order valence-electron chi connectivity index (χ3n) is 5.03. The van der Waals surface area contributed by atoms with Crippen LogP contribution < -0.4 is 10.0 Å². The van der Waals surface area contributed by atoms with Gasteiger partial charge >= 0.3 is 0 Å². The summed E-state index contributed by atoms with van der Waals surface area (Å²) >= 11 is 0. The van der Waals surface area contributed by atoms with Crippen molar-refractivity contribution in [1.29, 1.82) is 0 Å². The summed E-state index contributed by atoms with van der Waals surface area (Å²) in [5.74, 6) is -0.262. The second kappa shape index (κ2) is 9.13. The molecule has 3 rings (SSSR count). The van der Waals surface area contributed by atoms with Gasteiger partial charge in [0, 0.05) is 5.56 Å². The summed E-state index contributed by atoms with van der Waals surface area (Å²) in [7, 11) is -3.73. The number of carbonyl (C=O) groups is 1. The Morgan fingerprint density at radius 1 is 0.967 bits per heavy atom. The van der Waals surface area contributed by atoms with Gasteiger partial charge in [0.2, 0.25) is 0 Å².